The van der Waals surface area contributed by atoms with Crippen LogP contribution < -0.4 is 9.47 Å². The highest BCUT2D eigenvalue weighted by Crippen LogP contribution is 2.24. The van der Waals surface area contributed by atoms with Gasteiger partial charge in [0.15, 0.2) is 0 Å². The molecule has 1 aromatic heterocycles. The number of ether oxygens (including phenoxy) is 3. The number of para-hydroxylation sites is 1. The Morgan fingerprint density at radius 2 is 1.59 bits per heavy atom. The van der Waals surface area contributed by atoms with Crippen molar-refractivity contribution in [2.45, 2.75) is 26.7 Å². The molecule has 0 unspecified atom stereocenters. The van der Waals surface area contributed by atoms with Crippen molar-refractivity contribution >= 4 is 10.9 Å². The van der Waals surface area contributed by atoms with Crippen molar-refractivity contribution in [2.75, 3.05) is 26.4 Å². The second-order valence-corrected chi connectivity index (χ2v) is 6.82. The van der Waals surface area contributed by atoms with Crippen molar-refractivity contribution < 1.29 is 14.2 Å². The molecule has 0 amide bonds. The molecule has 142 valence electrons. The summed E-state index contributed by atoms with van der Waals surface area (Å²) in [5.74, 6) is 2.21. The zero-order chi connectivity index (χ0) is 19.1. The standard InChI is InChI=1S/C23H27NO3/c1-17(2)20-10-9-18(3)22(16-20)27-15-13-25-12-14-26-21-8-4-6-19-7-5-11-24-23(19)21/h4-11,16-17H,12-15H2,1-3H3. The van der Waals surface area contributed by atoms with Crippen molar-refractivity contribution in [2.24, 2.45) is 0 Å². The number of hydrogen-bond acceptors (Lipinski definition) is 4. The Balaban J connectivity index is 1.39. The van der Waals surface area contributed by atoms with Crippen molar-refractivity contribution in [1.29, 1.82) is 0 Å². The number of fused-ring (bicyclic) bond motifs is 1. The lowest BCUT2D eigenvalue weighted by atomic mass is 10.0. The van der Waals surface area contributed by atoms with E-state index >= 15 is 0 Å². The molecule has 4 heteroatoms. The van der Waals surface area contributed by atoms with Crippen LogP contribution in [0, 0.1) is 6.92 Å². The Kier molecular flexibility index (Phi) is 6.66. The van der Waals surface area contributed by atoms with Crippen LogP contribution in [0.25, 0.3) is 10.9 Å². The monoisotopic (exact) mass is 365 g/mol. The van der Waals surface area contributed by atoms with Crippen LogP contribution in [0.4, 0.5) is 0 Å². The topological polar surface area (TPSA) is 40.6 Å². The lowest BCUT2D eigenvalue weighted by molar-refractivity contribution is 0.0765. The van der Waals surface area contributed by atoms with Crippen molar-refractivity contribution in [3.63, 3.8) is 0 Å². The maximum absolute atomic E-state index is 5.87. The Labute approximate surface area is 161 Å². The summed E-state index contributed by atoms with van der Waals surface area (Å²) in [6.45, 7) is 8.48. The van der Waals surface area contributed by atoms with Gasteiger partial charge >= 0.3 is 0 Å². The van der Waals surface area contributed by atoms with Crippen molar-refractivity contribution in [3.8, 4) is 11.5 Å². The molecular weight excluding hydrogens is 338 g/mol. The van der Waals surface area contributed by atoms with E-state index < -0.39 is 0 Å². The number of hydrogen-bond donors (Lipinski definition) is 0. The van der Waals surface area contributed by atoms with Gasteiger partial charge in [-0.15, -0.1) is 0 Å². The first kappa shape index (κ1) is 19.2. The molecule has 0 aliphatic carbocycles. The quantitative estimate of drug-likeness (QED) is 0.492. The molecule has 0 aliphatic heterocycles. The van der Waals surface area contributed by atoms with Crippen LogP contribution in [0.3, 0.4) is 0 Å². The molecule has 0 radical (unpaired) electrons. The predicted octanol–water partition coefficient (Wildman–Crippen LogP) is 5.14. The van der Waals surface area contributed by atoms with E-state index in [4.69, 9.17) is 14.2 Å². The number of pyridine rings is 1. The molecule has 3 rings (SSSR count). The molecule has 0 saturated heterocycles. The van der Waals surface area contributed by atoms with E-state index in [2.05, 4.69) is 44.0 Å². The summed E-state index contributed by atoms with van der Waals surface area (Å²) in [5, 5.41) is 1.07. The van der Waals surface area contributed by atoms with Crippen LogP contribution in [-0.2, 0) is 4.74 Å². The lowest BCUT2D eigenvalue weighted by Crippen LogP contribution is -2.12. The van der Waals surface area contributed by atoms with Crippen molar-refractivity contribution in [1.82, 2.24) is 4.98 Å². The highest BCUT2D eigenvalue weighted by atomic mass is 16.5. The van der Waals surface area contributed by atoms with Gasteiger partial charge in [-0.25, -0.2) is 0 Å². The zero-order valence-corrected chi connectivity index (χ0v) is 16.3. The predicted molar refractivity (Wildman–Crippen MR) is 109 cm³/mol. The number of aromatic nitrogens is 1. The molecule has 0 fully saturated rings. The van der Waals surface area contributed by atoms with Crippen LogP contribution in [0.2, 0.25) is 0 Å². The van der Waals surface area contributed by atoms with E-state index in [0.717, 1.165) is 28.0 Å². The van der Waals surface area contributed by atoms with E-state index in [9.17, 15) is 0 Å². The van der Waals surface area contributed by atoms with Gasteiger partial charge in [0.25, 0.3) is 0 Å². The van der Waals surface area contributed by atoms with Gasteiger partial charge in [-0.1, -0.05) is 44.2 Å². The maximum Gasteiger partial charge on any atom is 0.145 e. The number of benzene rings is 2. The second kappa shape index (κ2) is 9.38. The second-order valence-electron chi connectivity index (χ2n) is 6.82. The molecule has 3 aromatic rings. The summed E-state index contributed by atoms with van der Waals surface area (Å²) >= 11 is 0. The first-order valence-corrected chi connectivity index (χ1v) is 9.43. The first-order chi connectivity index (χ1) is 13.1. The smallest absolute Gasteiger partial charge is 0.145 e. The van der Waals surface area contributed by atoms with E-state index in [1.807, 2.05) is 30.3 Å². The summed E-state index contributed by atoms with van der Waals surface area (Å²) in [7, 11) is 0. The fourth-order valence-electron chi connectivity index (χ4n) is 2.85. The maximum atomic E-state index is 5.87. The lowest BCUT2D eigenvalue weighted by Gasteiger charge is -2.13. The van der Waals surface area contributed by atoms with Gasteiger partial charge < -0.3 is 14.2 Å². The first-order valence-electron chi connectivity index (χ1n) is 9.43. The number of nitrogens with zero attached hydrogens (tertiary/aromatic N) is 1. The molecule has 1 heterocycles. The average Bonchev–Trinajstić information content (AvgIpc) is 2.68. The van der Waals surface area contributed by atoms with Gasteiger partial charge in [0.2, 0.25) is 0 Å². The van der Waals surface area contributed by atoms with E-state index in [-0.39, 0.29) is 0 Å². The highest BCUT2D eigenvalue weighted by Gasteiger charge is 2.05. The minimum Gasteiger partial charge on any atom is -0.491 e. The number of rotatable bonds is 9. The molecule has 0 N–H and O–H groups in total. The molecule has 0 bridgehead atoms. The van der Waals surface area contributed by atoms with Crippen molar-refractivity contribution in [3.05, 3.63) is 65.9 Å². The highest BCUT2D eigenvalue weighted by molar-refractivity contribution is 5.84. The summed E-state index contributed by atoms with van der Waals surface area (Å²) in [6.07, 6.45) is 1.78. The zero-order valence-electron chi connectivity index (χ0n) is 16.3. The molecular formula is C23H27NO3. The van der Waals surface area contributed by atoms with Crippen LogP contribution in [0.5, 0.6) is 11.5 Å². The normalized spacial score (nSPS) is 11.1. The largest absolute Gasteiger partial charge is 0.491 e. The van der Waals surface area contributed by atoms with E-state index in [1.165, 1.54) is 5.56 Å². The van der Waals surface area contributed by atoms with Crippen LogP contribution >= 0.6 is 0 Å². The van der Waals surface area contributed by atoms with Crippen LogP contribution in [0.15, 0.2) is 54.7 Å². The third kappa shape index (κ3) is 5.20. The van der Waals surface area contributed by atoms with Gasteiger partial charge in [-0.05, 0) is 42.2 Å². The molecule has 0 aliphatic rings. The summed E-state index contributed by atoms with van der Waals surface area (Å²) < 4.78 is 17.3. The Morgan fingerprint density at radius 3 is 2.37 bits per heavy atom. The third-order valence-electron chi connectivity index (χ3n) is 4.45. The Bertz CT molecular complexity index is 871. The Hall–Kier alpha value is -2.59. The van der Waals surface area contributed by atoms with Gasteiger partial charge in [-0.2, -0.15) is 0 Å². The minimum atomic E-state index is 0.484. The fourth-order valence-corrected chi connectivity index (χ4v) is 2.85. The van der Waals surface area contributed by atoms with E-state index in [1.54, 1.807) is 6.20 Å². The summed E-state index contributed by atoms with van der Waals surface area (Å²) in [6, 6.07) is 16.3. The Morgan fingerprint density at radius 1 is 0.852 bits per heavy atom. The van der Waals surface area contributed by atoms with Gasteiger partial charge in [0.05, 0.1) is 13.2 Å². The summed E-state index contributed by atoms with van der Waals surface area (Å²) in [5.41, 5.74) is 3.31. The van der Waals surface area contributed by atoms with Gasteiger partial charge in [0, 0.05) is 11.6 Å². The van der Waals surface area contributed by atoms with Gasteiger partial charge in [-0.3, -0.25) is 4.98 Å². The summed E-state index contributed by atoms with van der Waals surface area (Å²) in [4.78, 5) is 4.38. The molecule has 0 atom stereocenters. The fraction of sp³-hybridized carbons (Fsp3) is 0.348. The van der Waals surface area contributed by atoms with Crippen LogP contribution in [-0.4, -0.2) is 31.4 Å². The molecule has 2 aromatic carbocycles. The minimum absolute atomic E-state index is 0.484. The van der Waals surface area contributed by atoms with Gasteiger partial charge in [0.1, 0.15) is 30.2 Å². The van der Waals surface area contributed by atoms with Crippen LogP contribution in [0.1, 0.15) is 30.9 Å². The molecule has 0 spiro atoms. The molecule has 27 heavy (non-hydrogen) atoms. The molecule has 4 nitrogen and oxygen atoms in total. The SMILES string of the molecule is Cc1ccc(C(C)C)cc1OCCOCCOc1cccc2cccnc12. The average molecular weight is 365 g/mol. The number of aryl methyl sites for hydroxylation is 1. The molecule has 0 saturated carbocycles. The third-order valence-corrected chi connectivity index (χ3v) is 4.45. The van der Waals surface area contributed by atoms with E-state index in [0.29, 0.717) is 32.3 Å².